The van der Waals surface area contributed by atoms with Gasteiger partial charge in [0, 0.05) is 24.2 Å². The molecule has 0 amide bonds. The van der Waals surface area contributed by atoms with E-state index < -0.39 is 12.7 Å². The van der Waals surface area contributed by atoms with Crippen LogP contribution in [0.5, 0.6) is 0 Å². The average molecular weight is 316 g/mol. The number of nitrogens with zero attached hydrogens (tertiary/aromatic N) is 2. The Hall–Kier alpha value is -0.530. The summed E-state index contributed by atoms with van der Waals surface area (Å²) in [5.41, 5.74) is 5.49. The Morgan fingerprint density at radius 3 is 2.53 bits per heavy atom. The molecule has 0 unspecified atom stereocenters. The van der Waals surface area contributed by atoms with Gasteiger partial charge >= 0.3 is 6.18 Å². The van der Waals surface area contributed by atoms with Crippen LogP contribution in [0, 0.1) is 5.92 Å². The van der Waals surface area contributed by atoms with Gasteiger partial charge in [-0.15, -0.1) is 23.7 Å². The van der Waals surface area contributed by atoms with Gasteiger partial charge in [0.25, 0.3) is 0 Å². The van der Waals surface area contributed by atoms with Gasteiger partial charge in [0.1, 0.15) is 0 Å². The van der Waals surface area contributed by atoms with Gasteiger partial charge in [-0.25, -0.2) is 4.98 Å². The van der Waals surface area contributed by atoms with Crippen molar-refractivity contribution in [3.63, 3.8) is 0 Å². The summed E-state index contributed by atoms with van der Waals surface area (Å²) in [5, 5.41) is 0.403. The fraction of sp³-hybridized carbons (Fsp3) is 0.727. The Bertz CT molecular complexity index is 393. The molecule has 2 N–H and O–H groups in total. The molecule has 0 atom stereocenters. The van der Waals surface area contributed by atoms with Crippen LogP contribution in [0.1, 0.15) is 24.1 Å². The molecule has 2 rings (SSSR count). The van der Waals surface area contributed by atoms with Crippen molar-refractivity contribution in [1.29, 1.82) is 0 Å². The molecule has 1 heterocycles. The van der Waals surface area contributed by atoms with E-state index in [0.29, 0.717) is 17.6 Å². The average Bonchev–Trinajstić information content (AvgIpc) is 2.55. The lowest BCUT2D eigenvalue weighted by atomic mass is 9.85. The van der Waals surface area contributed by atoms with E-state index in [2.05, 4.69) is 4.98 Å². The number of alkyl halides is 3. The zero-order valence-electron chi connectivity index (χ0n) is 10.3. The van der Waals surface area contributed by atoms with Gasteiger partial charge in [-0.1, -0.05) is 6.42 Å². The molecule has 0 bridgehead atoms. The van der Waals surface area contributed by atoms with E-state index in [0.717, 1.165) is 24.1 Å². The third-order valence-corrected chi connectivity index (χ3v) is 3.91. The monoisotopic (exact) mass is 315 g/mol. The molecule has 0 radical (unpaired) electrons. The van der Waals surface area contributed by atoms with Crippen LogP contribution in [-0.4, -0.2) is 29.1 Å². The highest BCUT2D eigenvalue weighted by Gasteiger charge is 2.32. The van der Waals surface area contributed by atoms with Gasteiger partial charge in [-0.2, -0.15) is 13.2 Å². The first-order chi connectivity index (χ1) is 8.42. The first-order valence-corrected chi connectivity index (χ1v) is 6.73. The molecule has 1 aliphatic carbocycles. The summed E-state index contributed by atoms with van der Waals surface area (Å²) < 4.78 is 37.5. The Morgan fingerprint density at radius 2 is 2.11 bits per heavy atom. The maximum absolute atomic E-state index is 12.5. The van der Waals surface area contributed by atoms with Gasteiger partial charge in [-0.3, -0.25) is 4.90 Å². The number of hydrogen-bond acceptors (Lipinski definition) is 4. The summed E-state index contributed by atoms with van der Waals surface area (Å²) in [6, 6.07) is 0. The van der Waals surface area contributed by atoms with E-state index in [9.17, 15) is 13.2 Å². The summed E-state index contributed by atoms with van der Waals surface area (Å²) in [5.74, 6) is 0.414. The molecule has 0 aliphatic heterocycles. The maximum atomic E-state index is 12.5. The minimum Gasteiger partial charge on any atom is -0.375 e. The molecule has 0 saturated heterocycles. The van der Waals surface area contributed by atoms with E-state index in [-0.39, 0.29) is 19.0 Å². The number of anilines is 1. The lowest BCUT2D eigenvalue weighted by molar-refractivity contribution is -0.149. The molecule has 1 aromatic rings. The van der Waals surface area contributed by atoms with Crippen molar-refractivity contribution in [2.45, 2.75) is 32.0 Å². The smallest absolute Gasteiger partial charge is 0.375 e. The van der Waals surface area contributed by atoms with Gasteiger partial charge in [0.05, 0.1) is 6.54 Å². The molecule has 110 valence electrons. The molecule has 0 spiro atoms. The highest BCUT2D eigenvalue weighted by molar-refractivity contribution is 7.15. The summed E-state index contributed by atoms with van der Waals surface area (Å²) in [6.45, 7) is -0.0660. The fourth-order valence-corrected chi connectivity index (χ4v) is 2.82. The van der Waals surface area contributed by atoms with Crippen LogP contribution >= 0.6 is 23.7 Å². The second-order valence-corrected chi connectivity index (χ2v) is 5.89. The van der Waals surface area contributed by atoms with Gasteiger partial charge < -0.3 is 5.73 Å². The van der Waals surface area contributed by atoms with Crippen LogP contribution in [0.25, 0.3) is 0 Å². The predicted molar refractivity (Wildman–Crippen MR) is 72.4 cm³/mol. The summed E-state index contributed by atoms with van der Waals surface area (Å²) in [6.07, 6.45) is 0.626. The number of thiazole rings is 1. The molecule has 19 heavy (non-hydrogen) atoms. The van der Waals surface area contributed by atoms with Crippen molar-refractivity contribution in [1.82, 2.24) is 9.88 Å². The van der Waals surface area contributed by atoms with Crippen LogP contribution in [0.3, 0.4) is 0 Å². The van der Waals surface area contributed by atoms with E-state index in [1.54, 1.807) is 6.20 Å². The van der Waals surface area contributed by atoms with Crippen LogP contribution in [0.15, 0.2) is 6.20 Å². The standard InChI is InChI=1S/C11H16F3N3S.ClH/c12-11(13,14)7-17(5-8-2-1-3-8)6-9-4-16-10(15)18-9;/h4,8H,1-3,5-7H2,(H2,15,16);1H. The van der Waals surface area contributed by atoms with Crippen molar-refractivity contribution < 1.29 is 13.2 Å². The minimum atomic E-state index is -4.15. The molecule has 1 aliphatic rings. The van der Waals surface area contributed by atoms with Gasteiger partial charge in [-0.05, 0) is 18.8 Å². The van der Waals surface area contributed by atoms with Crippen LogP contribution in [-0.2, 0) is 6.54 Å². The summed E-state index contributed by atoms with van der Waals surface area (Å²) >= 11 is 1.25. The van der Waals surface area contributed by atoms with Crippen molar-refractivity contribution in [2.24, 2.45) is 5.92 Å². The summed E-state index contributed by atoms with van der Waals surface area (Å²) in [4.78, 5) is 6.11. The van der Waals surface area contributed by atoms with Crippen molar-refractivity contribution in [3.05, 3.63) is 11.1 Å². The zero-order valence-corrected chi connectivity index (χ0v) is 12.0. The number of aromatic nitrogens is 1. The van der Waals surface area contributed by atoms with Crippen LogP contribution in [0.2, 0.25) is 0 Å². The number of hydrogen-bond donors (Lipinski definition) is 1. The topological polar surface area (TPSA) is 42.1 Å². The lowest BCUT2D eigenvalue weighted by Gasteiger charge is -2.32. The number of nitrogens with two attached hydrogens (primary N) is 1. The molecule has 1 saturated carbocycles. The van der Waals surface area contributed by atoms with Crippen LogP contribution in [0.4, 0.5) is 18.3 Å². The molecule has 1 fully saturated rings. The SMILES string of the molecule is Cl.Nc1ncc(CN(CC2CCC2)CC(F)(F)F)s1. The van der Waals surface area contributed by atoms with Crippen molar-refractivity contribution in [2.75, 3.05) is 18.8 Å². The number of rotatable bonds is 5. The van der Waals surface area contributed by atoms with Crippen molar-refractivity contribution in [3.8, 4) is 0 Å². The first kappa shape index (κ1) is 16.5. The van der Waals surface area contributed by atoms with Gasteiger partial charge in [0.2, 0.25) is 0 Å². The second kappa shape index (κ2) is 6.76. The van der Waals surface area contributed by atoms with Crippen LogP contribution < -0.4 is 5.73 Å². The lowest BCUT2D eigenvalue weighted by Crippen LogP contribution is -2.38. The highest BCUT2D eigenvalue weighted by Crippen LogP contribution is 2.29. The van der Waals surface area contributed by atoms with E-state index in [1.165, 1.54) is 16.2 Å². The zero-order chi connectivity index (χ0) is 13.2. The Kier molecular flexibility index (Phi) is 5.88. The third kappa shape index (κ3) is 5.54. The van der Waals surface area contributed by atoms with E-state index in [4.69, 9.17) is 5.73 Å². The highest BCUT2D eigenvalue weighted by atomic mass is 35.5. The fourth-order valence-electron chi connectivity index (χ4n) is 2.10. The minimum absolute atomic E-state index is 0. The molecular weight excluding hydrogens is 299 g/mol. The second-order valence-electron chi connectivity index (χ2n) is 4.75. The van der Waals surface area contributed by atoms with E-state index >= 15 is 0 Å². The predicted octanol–water partition coefficient (Wildman–Crippen LogP) is 3.31. The molecule has 0 aromatic carbocycles. The molecule has 1 aromatic heterocycles. The quantitative estimate of drug-likeness (QED) is 0.906. The normalized spacial score (nSPS) is 16.2. The largest absolute Gasteiger partial charge is 0.401 e. The first-order valence-electron chi connectivity index (χ1n) is 5.91. The number of nitrogen functional groups attached to an aromatic ring is 1. The third-order valence-electron chi connectivity index (χ3n) is 3.09. The molecule has 3 nitrogen and oxygen atoms in total. The van der Waals surface area contributed by atoms with E-state index in [1.807, 2.05) is 0 Å². The Morgan fingerprint density at radius 1 is 1.42 bits per heavy atom. The van der Waals surface area contributed by atoms with Crippen molar-refractivity contribution >= 4 is 28.9 Å². The molecule has 8 heteroatoms. The molecular formula is C11H17ClF3N3S. The summed E-state index contributed by atoms with van der Waals surface area (Å²) in [7, 11) is 0. The number of halogens is 4. The maximum Gasteiger partial charge on any atom is 0.401 e. The Balaban J connectivity index is 0.00000180. The Labute approximate surface area is 120 Å². The van der Waals surface area contributed by atoms with Gasteiger partial charge in [0.15, 0.2) is 5.13 Å².